The first-order chi connectivity index (χ1) is 6.87. The van der Waals surface area contributed by atoms with Gasteiger partial charge < -0.3 is 10.5 Å². The third-order valence-electron chi connectivity index (χ3n) is 3.62. The molecule has 0 radical (unpaired) electrons. The molecule has 0 aromatic heterocycles. The van der Waals surface area contributed by atoms with Crippen LogP contribution in [-0.2, 0) is 9.53 Å². The van der Waals surface area contributed by atoms with Crippen LogP contribution in [-0.4, -0.2) is 17.6 Å². The number of carbonyl (C=O) groups is 1. The van der Waals surface area contributed by atoms with Crippen LogP contribution >= 0.6 is 0 Å². The Morgan fingerprint density at radius 2 is 1.87 bits per heavy atom. The van der Waals surface area contributed by atoms with Gasteiger partial charge in [0, 0.05) is 6.04 Å². The van der Waals surface area contributed by atoms with Gasteiger partial charge in [0.25, 0.3) is 0 Å². The summed E-state index contributed by atoms with van der Waals surface area (Å²) in [6, 6.07) is 0.327. The number of fused-ring (bicyclic) bond motifs is 2. The van der Waals surface area contributed by atoms with Crippen molar-refractivity contribution in [3.63, 3.8) is 0 Å². The quantitative estimate of drug-likeness (QED) is 0.672. The molecule has 86 valence electrons. The molecule has 2 aliphatic rings. The van der Waals surface area contributed by atoms with E-state index in [9.17, 15) is 4.79 Å². The van der Waals surface area contributed by atoms with Crippen molar-refractivity contribution in [3.8, 4) is 0 Å². The SMILES string of the molecule is CC(C)(C)OC(=O)[C@@H]1C[C@H]2C[C@@H]1C[C@H]2N. The minimum Gasteiger partial charge on any atom is -0.460 e. The van der Waals surface area contributed by atoms with Crippen LogP contribution in [0.2, 0.25) is 0 Å². The summed E-state index contributed by atoms with van der Waals surface area (Å²) in [4.78, 5) is 11.9. The molecule has 0 unspecified atom stereocenters. The third-order valence-corrected chi connectivity index (χ3v) is 3.62. The van der Waals surface area contributed by atoms with Gasteiger partial charge in [0.15, 0.2) is 0 Å². The fourth-order valence-electron chi connectivity index (χ4n) is 2.99. The second-order valence-electron chi connectivity index (χ2n) is 6.03. The lowest BCUT2D eigenvalue weighted by Gasteiger charge is -2.27. The van der Waals surface area contributed by atoms with Crippen LogP contribution in [0.4, 0.5) is 0 Å². The van der Waals surface area contributed by atoms with E-state index in [1.807, 2.05) is 20.8 Å². The number of hydrogen-bond acceptors (Lipinski definition) is 3. The van der Waals surface area contributed by atoms with Crippen molar-refractivity contribution in [1.29, 1.82) is 0 Å². The highest BCUT2D eigenvalue weighted by Crippen LogP contribution is 2.48. The van der Waals surface area contributed by atoms with Gasteiger partial charge in [-0.25, -0.2) is 0 Å². The van der Waals surface area contributed by atoms with Crippen molar-refractivity contribution in [2.45, 2.75) is 51.7 Å². The largest absolute Gasteiger partial charge is 0.460 e. The van der Waals surface area contributed by atoms with Gasteiger partial charge in [-0.05, 0) is 51.9 Å². The summed E-state index contributed by atoms with van der Waals surface area (Å²) in [6.07, 6.45) is 3.08. The summed E-state index contributed by atoms with van der Waals surface area (Å²) in [5.74, 6) is 1.16. The number of rotatable bonds is 1. The van der Waals surface area contributed by atoms with Crippen molar-refractivity contribution in [3.05, 3.63) is 0 Å². The van der Waals surface area contributed by atoms with Crippen LogP contribution < -0.4 is 5.73 Å². The van der Waals surface area contributed by atoms with Gasteiger partial charge in [-0.2, -0.15) is 0 Å². The van der Waals surface area contributed by atoms with Crippen LogP contribution in [0.15, 0.2) is 0 Å². The molecule has 0 aromatic carbocycles. The lowest BCUT2D eigenvalue weighted by molar-refractivity contribution is -0.161. The van der Waals surface area contributed by atoms with Crippen LogP contribution in [0.3, 0.4) is 0 Å². The average molecular weight is 211 g/mol. The maximum Gasteiger partial charge on any atom is 0.309 e. The molecular weight excluding hydrogens is 190 g/mol. The van der Waals surface area contributed by atoms with E-state index in [0.29, 0.717) is 17.9 Å². The Balaban J connectivity index is 1.94. The van der Waals surface area contributed by atoms with Crippen LogP contribution in [0.25, 0.3) is 0 Å². The predicted octanol–water partition coefficient (Wildman–Crippen LogP) is 1.70. The zero-order valence-electron chi connectivity index (χ0n) is 9.82. The third kappa shape index (κ3) is 2.17. The van der Waals surface area contributed by atoms with E-state index in [4.69, 9.17) is 10.5 Å². The topological polar surface area (TPSA) is 52.3 Å². The van der Waals surface area contributed by atoms with E-state index in [0.717, 1.165) is 19.3 Å². The molecule has 0 amide bonds. The Morgan fingerprint density at radius 3 is 2.27 bits per heavy atom. The maximum atomic E-state index is 11.9. The average Bonchev–Trinajstić information content (AvgIpc) is 2.58. The molecule has 2 N–H and O–H groups in total. The molecule has 0 heterocycles. The summed E-state index contributed by atoms with van der Waals surface area (Å²) in [6.45, 7) is 5.76. The molecule has 2 bridgehead atoms. The first-order valence-corrected chi connectivity index (χ1v) is 5.85. The van der Waals surface area contributed by atoms with E-state index >= 15 is 0 Å². The Hall–Kier alpha value is -0.570. The highest BCUT2D eigenvalue weighted by Gasteiger charge is 2.48. The van der Waals surface area contributed by atoms with Gasteiger partial charge >= 0.3 is 5.97 Å². The molecule has 0 aliphatic heterocycles. The summed E-state index contributed by atoms with van der Waals surface area (Å²) < 4.78 is 5.43. The van der Waals surface area contributed by atoms with Crippen molar-refractivity contribution >= 4 is 5.97 Å². The molecule has 2 aliphatic carbocycles. The predicted molar refractivity (Wildman–Crippen MR) is 58.1 cm³/mol. The monoisotopic (exact) mass is 211 g/mol. The second kappa shape index (κ2) is 3.48. The van der Waals surface area contributed by atoms with E-state index in [1.165, 1.54) is 0 Å². The molecule has 0 aromatic rings. The number of nitrogens with two attached hydrogens (primary N) is 1. The van der Waals surface area contributed by atoms with Gasteiger partial charge in [-0.3, -0.25) is 4.79 Å². The highest BCUT2D eigenvalue weighted by molar-refractivity contribution is 5.74. The normalized spacial score (nSPS) is 39.5. The highest BCUT2D eigenvalue weighted by atomic mass is 16.6. The zero-order chi connectivity index (χ0) is 11.2. The summed E-state index contributed by atoms with van der Waals surface area (Å²) in [7, 11) is 0. The molecule has 15 heavy (non-hydrogen) atoms. The van der Waals surface area contributed by atoms with Crippen LogP contribution in [0.1, 0.15) is 40.0 Å². The molecule has 0 saturated heterocycles. The number of carbonyl (C=O) groups excluding carboxylic acids is 1. The van der Waals surface area contributed by atoms with Crippen molar-refractivity contribution < 1.29 is 9.53 Å². The summed E-state index contributed by atoms with van der Waals surface area (Å²) in [5, 5.41) is 0. The lowest BCUT2D eigenvalue weighted by atomic mass is 9.86. The molecule has 2 saturated carbocycles. The van der Waals surface area contributed by atoms with E-state index in [1.54, 1.807) is 0 Å². The second-order valence-corrected chi connectivity index (χ2v) is 6.03. The Morgan fingerprint density at radius 1 is 1.20 bits per heavy atom. The van der Waals surface area contributed by atoms with Crippen LogP contribution in [0, 0.1) is 17.8 Å². The minimum atomic E-state index is -0.360. The Kier molecular flexibility index (Phi) is 2.53. The summed E-state index contributed by atoms with van der Waals surface area (Å²) in [5.41, 5.74) is 5.60. The number of esters is 1. The van der Waals surface area contributed by atoms with Gasteiger partial charge in [0.1, 0.15) is 5.60 Å². The molecule has 0 spiro atoms. The fraction of sp³-hybridized carbons (Fsp3) is 0.917. The lowest BCUT2D eigenvalue weighted by Crippen LogP contribution is -2.36. The van der Waals surface area contributed by atoms with Gasteiger partial charge in [-0.15, -0.1) is 0 Å². The molecular formula is C12H21NO2. The molecule has 2 rings (SSSR count). The van der Waals surface area contributed by atoms with Gasteiger partial charge in [0.2, 0.25) is 0 Å². The first-order valence-electron chi connectivity index (χ1n) is 5.85. The standard InChI is InChI=1S/C12H21NO2/c1-12(2,3)15-11(14)9-5-8-4-7(9)6-10(8)13/h7-10H,4-6,13H2,1-3H3/t7-,8-,9-,10-/m1/s1. The van der Waals surface area contributed by atoms with Crippen molar-refractivity contribution in [2.24, 2.45) is 23.5 Å². The number of hydrogen-bond donors (Lipinski definition) is 1. The van der Waals surface area contributed by atoms with E-state index in [2.05, 4.69) is 0 Å². The zero-order valence-corrected chi connectivity index (χ0v) is 9.82. The maximum absolute atomic E-state index is 11.9. The number of ether oxygens (including phenoxy) is 1. The van der Waals surface area contributed by atoms with Crippen LogP contribution in [0.5, 0.6) is 0 Å². The molecule has 4 atom stereocenters. The van der Waals surface area contributed by atoms with Crippen molar-refractivity contribution in [1.82, 2.24) is 0 Å². The van der Waals surface area contributed by atoms with Crippen molar-refractivity contribution in [2.75, 3.05) is 0 Å². The Labute approximate surface area is 91.4 Å². The minimum absolute atomic E-state index is 0.0121. The molecule has 3 nitrogen and oxygen atoms in total. The molecule has 2 fully saturated rings. The first kappa shape index (κ1) is 10.9. The van der Waals surface area contributed by atoms with Gasteiger partial charge in [-0.1, -0.05) is 0 Å². The van der Waals surface area contributed by atoms with E-state index in [-0.39, 0.29) is 17.5 Å². The smallest absolute Gasteiger partial charge is 0.309 e. The Bertz CT molecular complexity index is 267. The molecule has 3 heteroatoms. The summed E-state index contributed by atoms with van der Waals surface area (Å²) >= 11 is 0. The van der Waals surface area contributed by atoms with E-state index < -0.39 is 0 Å². The van der Waals surface area contributed by atoms with Gasteiger partial charge in [0.05, 0.1) is 5.92 Å². The fourth-order valence-corrected chi connectivity index (χ4v) is 2.99.